The largest absolute Gasteiger partial charge is 0.497 e. The minimum Gasteiger partial charge on any atom is -0.497 e. The molecular formula is C17H18O5. The Morgan fingerprint density at radius 3 is 2.64 bits per heavy atom. The van der Waals surface area contributed by atoms with E-state index < -0.39 is 23.8 Å². The molecule has 0 saturated carbocycles. The van der Waals surface area contributed by atoms with Gasteiger partial charge in [0.1, 0.15) is 5.75 Å². The number of carbonyl (C=O) groups is 2. The number of allylic oxidation sites excluding steroid dienone is 2. The van der Waals surface area contributed by atoms with Crippen LogP contribution < -0.4 is 4.74 Å². The van der Waals surface area contributed by atoms with Crippen LogP contribution in [0.3, 0.4) is 0 Å². The van der Waals surface area contributed by atoms with E-state index in [1.165, 1.54) is 0 Å². The maximum Gasteiger partial charge on any atom is 0.308 e. The number of hydrogen-bond donors (Lipinski definition) is 2. The number of fused-ring (bicyclic) bond motifs is 3. The van der Waals surface area contributed by atoms with Crippen molar-refractivity contribution in [3.05, 3.63) is 35.4 Å². The molecule has 0 fully saturated rings. The SMILES string of the molecule is COc1ccc2c(c1)CC[C@@H]1C2=CC[C@@H](C(=O)O)[C@H]1C(=O)O. The van der Waals surface area contributed by atoms with Crippen molar-refractivity contribution in [1.29, 1.82) is 0 Å². The minimum absolute atomic E-state index is 0.228. The topological polar surface area (TPSA) is 83.8 Å². The molecule has 116 valence electrons. The first-order chi connectivity index (χ1) is 10.5. The lowest BCUT2D eigenvalue weighted by molar-refractivity contribution is -0.155. The molecule has 0 unspecified atom stereocenters. The molecule has 0 heterocycles. The Labute approximate surface area is 128 Å². The van der Waals surface area contributed by atoms with Crippen molar-refractivity contribution in [3.8, 4) is 5.75 Å². The number of carboxylic acid groups (broad SMARTS) is 2. The molecular weight excluding hydrogens is 284 g/mol. The van der Waals surface area contributed by atoms with Crippen LogP contribution in [-0.2, 0) is 16.0 Å². The first kappa shape index (κ1) is 14.6. The van der Waals surface area contributed by atoms with E-state index in [2.05, 4.69) is 0 Å². The predicted molar refractivity (Wildman–Crippen MR) is 79.7 cm³/mol. The van der Waals surface area contributed by atoms with Crippen molar-refractivity contribution >= 4 is 17.5 Å². The molecule has 2 N–H and O–H groups in total. The Hall–Kier alpha value is -2.30. The van der Waals surface area contributed by atoms with Crippen molar-refractivity contribution < 1.29 is 24.5 Å². The Morgan fingerprint density at radius 1 is 1.23 bits per heavy atom. The lowest BCUT2D eigenvalue weighted by atomic mass is 9.65. The highest BCUT2D eigenvalue weighted by Crippen LogP contribution is 2.47. The zero-order valence-corrected chi connectivity index (χ0v) is 12.3. The second kappa shape index (κ2) is 5.48. The second-order valence-corrected chi connectivity index (χ2v) is 5.87. The normalized spacial score (nSPS) is 26.4. The summed E-state index contributed by atoms with van der Waals surface area (Å²) in [5.41, 5.74) is 3.15. The zero-order chi connectivity index (χ0) is 15.9. The third-order valence-electron chi connectivity index (χ3n) is 4.81. The molecule has 2 aliphatic carbocycles. The van der Waals surface area contributed by atoms with Gasteiger partial charge in [-0.1, -0.05) is 12.1 Å². The van der Waals surface area contributed by atoms with E-state index in [1.807, 2.05) is 24.3 Å². The summed E-state index contributed by atoms with van der Waals surface area (Å²) < 4.78 is 5.23. The summed E-state index contributed by atoms with van der Waals surface area (Å²) in [6.45, 7) is 0. The standard InChI is InChI=1S/C17H18O5/c1-22-10-3-5-11-9(8-10)2-4-13-12(11)6-7-14(16(18)19)15(13)17(20)21/h3,5-6,8,13-15H,2,4,7H2,1H3,(H,18,19)(H,20,21)/t13-,14-,15+/m1/s1. The number of aryl methyl sites for hydroxylation is 1. The Kier molecular flexibility index (Phi) is 3.64. The number of benzene rings is 1. The summed E-state index contributed by atoms with van der Waals surface area (Å²) in [5.74, 6) is -3.18. The maximum atomic E-state index is 11.6. The molecule has 22 heavy (non-hydrogen) atoms. The number of carboxylic acids is 2. The molecule has 0 saturated heterocycles. The van der Waals surface area contributed by atoms with E-state index in [9.17, 15) is 19.8 Å². The number of ether oxygens (including phenoxy) is 1. The molecule has 1 aromatic carbocycles. The lowest BCUT2D eigenvalue weighted by Crippen LogP contribution is -2.39. The van der Waals surface area contributed by atoms with Gasteiger partial charge < -0.3 is 14.9 Å². The number of rotatable bonds is 3. The Balaban J connectivity index is 2.04. The number of hydrogen-bond acceptors (Lipinski definition) is 3. The first-order valence-electron chi connectivity index (χ1n) is 7.36. The van der Waals surface area contributed by atoms with Gasteiger partial charge in [-0.3, -0.25) is 9.59 Å². The predicted octanol–water partition coefficient (Wildman–Crippen LogP) is 2.45. The van der Waals surface area contributed by atoms with Gasteiger partial charge in [0.2, 0.25) is 0 Å². The van der Waals surface area contributed by atoms with E-state index in [-0.39, 0.29) is 12.3 Å². The Morgan fingerprint density at radius 2 is 2.00 bits per heavy atom. The van der Waals surface area contributed by atoms with Gasteiger partial charge in [-0.05, 0) is 54.0 Å². The van der Waals surface area contributed by atoms with Crippen LogP contribution in [0, 0.1) is 17.8 Å². The maximum absolute atomic E-state index is 11.6. The Bertz CT molecular complexity index is 661. The van der Waals surface area contributed by atoms with Gasteiger partial charge in [0.05, 0.1) is 18.9 Å². The van der Waals surface area contributed by atoms with E-state index in [0.717, 1.165) is 28.9 Å². The molecule has 0 amide bonds. The molecule has 1 aromatic rings. The highest BCUT2D eigenvalue weighted by atomic mass is 16.5. The second-order valence-electron chi connectivity index (χ2n) is 5.87. The quantitative estimate of drug-likeness (QED) is 0.896. The van der Waals surface area contributed by atoms with Gasteiger partial charge in [0.25, 0.3) is 0 Å². The van der Waals surface area contributed by atoms with Crippen molar-refractivity contribution in [3.63, 3.8) is 0 Å². The van der Waals surface area contributed by atoms with Crippen LogP contribution in [0.25, 0.3) is 5.57 Å². The van der Waals surface area contributed by atoms with Crippen LogP contribution >= 0.6 is 0 Å². The molecule has 5 heteroatoms. The fourth-order valence-electron chi connectivity index (χ4n) is 3.77. The van der Waals surface area contributed by atoms with Crippen molar-refractivity contribution in [2.75, 3.05) is 7.11 Å². The molecule has 0 bridgehead atoms. The molecule has 3 atom stereocenters. The van der Waals surface area contributed by atoms with E-state index in [1.54, 1.807) is 7.11 Å². The van der Waals surface area contributed by atoms with Crippen molar-refractivity contribution in [1.82, 2.24) is 0 Å². The number of aliphatic carboxylic acids is 2. The third-order valence-corrected chi connectivity index (χ3v) is 4.81. The van der Waals surface area contributed by atoms with Crippen LogP contribution in [0.4, 0.5) is 0 Å². The van der Waals surface area contributed by atoms with Gasteiger partial charge in [-0.25, -0.2) is 0 Å². The third kappa shape index (κ3) is 2.26. The smallest absolute Gasteiger partial charge is 0.308 e. The van der Waals surface area contributed by atoms with Gasteiger partial charge in [0.15, 0.2) is 0 Å². The fourth-order valence-corrected chi connectivity index (χ4v) is 3.77. The van der Waals surface area contributed by atoms with Crippen LogP contribution in [0.5, 0.6) is 5.75 Å². The summed E-state index contributed by atoms with van der Waals surface area (Å²) in [4.78, 5) is 23.0. The average Bonchev–Trinajstić information content (AvgIpc) is 2.52. The summed E-state index contributed by atoms with van der Waals surface area (Å²) in [6, 6.07) is 5.79. The fraction of sp³-hybridized carbons (Fsp3) is 0.412. The van der Waals surface area contributed by atoms with E-state index in [4.69, 9.17) is 4.74 Å². The minimum atomic E-state index is -1.02. The van der Waals surface area contributed by atoms with E-state index >= 15 is 0 Å². The highest BCUT2D eigenvalue weighted by molar-refractivity contribution is 5.86. The van der Waals surface area contributed by atoms with Gasteiger partial charge >= 0.3 is 11.9 Å². The van der Waals surface area contributed by atoms with Crippen molar-refractivity contribution in [2.24, 2.45) is 17.8 Å². The molecule has 0 aliphatic heterocycles. The first-order valence-corrected chi connectivity index (χ1v) is 7.36. The molecule has 0 spiro atoms. The van der Waals surface area contributed by atoms with Crippen LogP contribution in [0.15, 0.2) is 24.3 Å². The lowest BCUT2D eigenvalue weighted by Gasteiger charge is -2.38. The van der Waals surface area contributed by atoms with Crippen molar-refractivity contribution in [2.45, 2.75) is 19.3 Å². The van der Waals surface area contributed by atoms with Gasteiger partial charge in [0, 0.05) is 0 Å². The van der Waals surface area contributed by atoms with Crippen LogP contribution in [0.1, 0.15) is 24.0 Å². The van der Waals surface area contributed by atoms with Crippen LogP contribution in [0.2, 0.25) is 0 Å². The van der Waals surface area contributed by atoms with E-state index in [0.29, 0.717) is 6.42 Å². The monoisotopic (exact) mass is 302 g/mol. The molecule has 3 rings (SSSR count). The molecule has 0 radical (unpaired) electrons. The highest BCUT2D eigenvalue weighted by Gasteiger charge is 2.44. The summed E-state index contributed by atoms with van der Waals surface area (Å²) in [7, 11) is 1.62. The van der Waals surface area contributed by atoms with Gasteiger partial charge in [-0.2, -0.15) is 0 Å². The zero-order valence-electron chi connectivity index (χ0n) is 12.3. The summed E-state index contributed by atoms with van der Waals surface area (Å²) in [6.07, 6.45) is 3.58. The average molecular weight is 302 g/mol. The molecule has 2 aliphatic rings. The van der Waals surface area contributed by atoms with Crippen LogP contribution in [-0.4, -0.2) is 29.3 Å². The summed E-state index contributed by atoms with van der Waals surface area (Å²) >= 11 is 0. The molecule has 5 nitrogen and oxygen atoms in total. The summed E-state index contributed by atoms with van der Waals surface area (Å²) in [5, 5.41) is 18.8. The number of methoxy groups -OCH3 is 1. The van der Waals surface area contributed by atoms with Gasteiger partial charge in [-0.15, -0.1) is 0 Å². The molecule has 0 aromatic heterocycles.